The van der Waals surface area contributed by atoms with Crippen LogP contribution in [0, 0.1) is 11.6 Å². The molecule has 0 spiro atoms. The molecule has 1 atom stereocenters. The molecule has 4 rings (SSSR count). The Morgan fingerprint density at radius 2 is 2.08 bits per heavy atom. The molecule has 0 N–H and O–H groups in total. The lowest BCUT2D eigenvalue weighted by molar-refractivity contribution is 0.193. The van der Waals surface area contributed by atoms with Crippen LogP contribution >= 0.6 is 0 Å². The molecule has 132 valence electrons. The highest BCUT2D eigenvalue weighted by atomic mass is 19.2. The fourth-order valence-electron chi connectivity index (χ4n) is 4.11. The van der Waals surface area contributed by atoms with Gasteiger partial charge in [-0.25, -0.2) is 8.78 Å². The van der Waals surface area contributed by atoms with E-state index in [4.69, 9.17) is 0 Å². The van der Waals surface area contributed by atoms with Gasteiger partial charge in [-0.05, 0) is 31.9 Å². The minimum atomic E-state index is -0.801. The summed E-state index contributed by atoms with van der Waals surface area (Å²) in [5.41, 5.74) is 1.27. The molecule has 3 heterocycles. The third-order valence-electron chi connectivity index (χ3n) is 5.27. The molecule has 1 aromatic carbocycles. The summed E-state index contributed by atoms with van der Waals surface area (Å²) in [5.74, 6) is -0.441. The highest BCUT2D eigenvalue weighted by Gasteiger charge is 2.27. The first-order chi connectivity index (χ1) is 12.1. The molecule has 0 amide bonds. The van der Waals surface area contributed by atoms with Crippen molar-refractivity contribution >= 4 is 0 Å². The lowest BCUT2D eigenvalue weighted by Crippen LogP contribution is -2.36. The summed E-state index contributed by atoms with van der Waals surface area (Å²) in [6, 6.07) is 5.98. The van der Waals surface area contributed by atoms with E-state index in [1.807, 2.05) is 0 Å². The highest BCUT2D eigenvalue weighted by molar-refractivity contribution is 5.20. The molecular formula is C19H21F2N3O. The molecule has 2 aliphatic rings. The fourth-order valence-corrected chi connectivity index (χ4v) is 4.11. The number of rotatable bonds is 3. The van der Waals surface area contributed by atoms with Gasteiger partial charge in [0.05, 0.1) is 0 Å². The van der Waals surface area contributed by atoms with E-state index < -0.39 is 11.6 Å². The van der Waals surface area contributed by atoms with Gasteiger partial charge in [0, 0.05) is 49.3 Å². The molecular weight excluding hydrogens is 324 g/mol. The van der Waals surface area contributed by atoms with Crippen LogP contribution in [-0.2, 0) is 19.5 Å². The summed E-state index contributed by atoms with van der Waals surface area (Å²) in [5, 5.41) is 0. The number of hydrogen-bond acceptors (Lipinski definition) is 3. The van der Waals surface area contributed by atoms with Crippen LogP contribution in [0.5, 0.6) is 0 Å². The van der Waals surface area contributed by atoms with Crippen molar-refractivity contribution in [2.24, 2.45) is 0 Å². The van der Waals surface area contributed by atoms with Crippen LogP contribution < -0.4 is 5.56 Å². The highest BCUT2D eigenvalue weighted by Crippen LogP contribution is 2.29. The molecule has 0 saturated carbocycles. The Kier molecular flexibility index (Phi) is 4.37. The molecule has 0 radical (unpaired) electrons. The molecule has 0 bridgehead atoms. The maximum Gasteiger partial charge on any atom is 0.273 e. The number of halogens is 2. The van der Waals surface area contributed by atoms with Gasteiger partial charge in [0.2, 0.25) is 0 Å². The Morgan fingerprint density at radius 1 is 1.20 bits per heavy atom. The molecule has 1 saturated heterocycles. The number of hydrogen-bond donors (Lipinski definition) is 0. The zero-order valence-electron chi connectivity index (χ0n) is 14.0. The van der Waals surface area contributed by atoms with E-state index in [0.29, 0.717) is 12.1 Å². The summed E-state index contributed by atoms with van der Waals surface area (Å²) in [4.78, 5) is 18.2. The number of aryl methyl sites for hydroxylation is 1. The van der Waals surface area contributed by atoms with Gasteiger partial charge in [-0.2, -0.15) is 4.98 Å². The van der Waals surface area contributed by atoms with Gasteiger partial charge in [-0.15, -0.1) is 0 Å². The van der Waals surface area contributed by atoms with Crippen LogP contribution in [-0.4, -0.2) is 27.5 Å². The van der Waals surface area contributed by atoms with Gasteiger partial charge in [-0.1, -0.05) is 12.1 Å². The van der Waals surface area contributed by atoms with Crippen LogP contribution in [0.25, 0.3) is 0 Å². The van der Waals surface area contributed by atoms with Crippen LogP contribution in [0.4, 0.5) is 8.78 Å². The Labute approximate surface area is 145 Å². The quantitative estimate of drug-likeness (QED) is 0.859. The van der Waals surface area contributed by atoms with E-state index in [-0.39, 0.29) is 11.5 Å². The maximum absolute atomic E-state index is 14.0. The van der Waals surface area contributed by atoms with Gasteiger partial charge in [-0.3, -0.25) is 9.69 Å². The summed E-state index contributed by atoms with van der Waals surface area (Å²) >= 11 is 0. The van der Waals surface area contributed by atoms with E-state index in [1.165, 1.54) is 0 Å². The van der Waals surface area contributed by atoms with Crippen LogP contribution in [0.2, 0.25) is 0 Å². The molecule has 0 aliphatic carbocycles. The molecule has 0 unspecified atom stereocenters. The summed E-state index contributed by atoms with van der Waals surface area (Å²) in [7, 11) is 0. The average Bonchev–Trinajstić information content (AvgIpc) is 3.07. The van der Waals surface area contributed by atoms with Crippen molar-refractivity contribution in [1.29, 1.82) is 0 Å². The Morgan fingerprint density at radius 3 is 2.96 bits per heavy atom. The minimum absolute atomic E-state index is 0.170. The predicted octanol–water partition coefficient (Wildman–Crippen LogP) is 2.85. The van der Waals surface area contributed by atoms with Gasteiger partial charge in [0.25, 0.3) is 5.56 Å². The number of aromatic nitrogens is 2. The van der Waals surface area contributed by atoms with Crippen molar-refractivity contribution in [3.8, 4) is 0 Å². The Bertz CT molecular complexity index is 849. The Hall–Kier alpha value is -2.08. The number of likely N-dealkylation sites (tertiary alicyclic amines) is 1. The van der Waals surface area contributed by atoms with Crippen molar-refractivity contribution in [2.45, 2.75) is 44.7 Å². The number of fused-ring (bicyclic) bond motifs is 1. The molecule has 25 heavy (non-hydrogen) atoms. The smallest absolute Gasteiger partial charge is 0.273 e. The van der Waals surface area contributed by atoms with Crippen molar-refractivity contribution in [1.82, 2.24) is 14.5 Å². The third kappa shape index (κ3) is 3.23. The van der Waals surface area contributed by atoms with Crippen molar-refractivity contribution in [3.05, 3.63) is 63.3 Å². The second-order valence-electron chi connectivity index (χ2n) is 6.98. The van der Waals surface area contributed by atoms with Gasteiger partial charge in [0.1, 0.15) is 5.82 Å². The van der Waals surface area contributed by atoms with Crippen LogP contribution in [0.15, 0.2) is 29.1 Å². The van der Waals surface area contributed by atoms with Crippen molar-refractivity contribution < 1.29 is 8.78 Å². The molecule has 2 aromatic rings. The summed E-state index contributed by atoms with van der Waals surface area (Å²) in [6.45, 7) is 2.91. The normalized spacial score (nSPS) is 20.6. The molecule has 1 fully saturated rings. The van der Waals surface area contributed by atoms with Crippen molar-refractivity contribution in [3.63, 3.8) is 0 Å². The first-order valence-electron chi connectivity index (χ1n) is 8.88. The first kappa shape index (κ1) is 16.4. The minimum Gasteiger partial charge on any atom is -0.333 e. The zero-order valence-corrected chi connectivity index (χ0v) is 14.0. The topological polar surface area (TPSA) is 38.1 Å². The Balaban J connectivity index is 1.56. The summed E-state index contributed by atoms with van der Waals surface area (Å²) < 4.78 is 29.6. The van der Waals surface area contributed by atoms with E-state index in [1.54, 1.807) is 18.2 Å². The average molecular weight is 345 g/mol. The van der Waals surface area contributed by atoms with Gasteiger partial charge < -0.3 is 4.57 Å². The molecule has 6 heteroatoms. The lowest BCUT2D eigenvalue weighted by Gasteiger charge is -2.34. The lowest BCUT2D eigenvalue weighted by atomic mass is 9.93. The first-order valence-corrected chi connectivity index (χ1v) is 8.88. The maximum atomic E-state index is 14.0. The zero-order chi connectivity index (χ0) is 17.4. The van der Waals surface area contributed by atoms with E-state index in [0.717, 1.165) is 62.9 Å². The second kappa shape index (κ2) is 6.67. The third-order valence-corrected chi connectivity index (χ3v) is 5.27. The van der Waals surface area contributed by atoms with Crippen LogP contribution in [0.3, 0.4) is 0 Å². The van der Waals surface area contributed by atoms with E-state index >= 15 is 0 Å². The van der Waals surface area contributed by atoms with E-state index in [2.05, 4.69) is 14.5 Å². The van der Waals surface area contributed by atoms with E-state index in [9.17, 15) is 13.6 Å². The van der Waals surface area contributed by atoms with Gasteiger partial charge in [0.15, 0.2) is 11.6 Å². The molecule has 2 aliphatic heterocycles. The summed E-state index contributed by atoms with van der Waals surface area (Å²) in [6.07, 6.45) is 3.86. The standard InChI is InChI=1S/C19H21F2N3O/c20-15-6-1-4-14(19(15)21)12-23-8-2-5-13(11-23)16-10-18(25)22-17-7-3-9-24(16)17/h1,4,6,10,13H,2-3,5,7-9,11-12H2/t13-/m0/s1. The molecule has 4 nitrogen and oxygen atoms in total. The SMILES string of the molecule is O=c1cc([C@H]2CCCN(Cc3cccc(F)c3F)C2)n2c(n1)CCC2. The molecule has 1 aromatic heterocycles. The largest absolute Gasteiger partial charge is 0.333 e. The second-order valence-corrected chi connectivity index (χ2v) is 6.98. The predicted molar refractivity (Wildman–Crippen MR) is 90.4 cm³/mol. The monoisotopic (exact) mass is 345 g/mol. The van der Waals surface area contributed by atoms with Crippen molar-refractivity contribution in [2.75, 3.05) is 13.1 Å². The van der Waals surface area contributed by atoms with Crippen LogP contribution in [0.1, 0.15) is 42.3 Å². The van der Waals surface area contributed by atoms with Gasteiger partial charge >= 0.3 is 0 Å². The fraction of sp³-hybridized carbons (Fsp3) is 0.474. The number of benzene rings is 1. The number of piperidine rings is 1. The number of nitrogens with zero attached hydrogens (tertiary/aromatic N) is 3.